The van der Waals surface area contributed by atoms with Crippen LogP contribution >= 0.6 is 0 Å². The van der Waals surface area contributed by atoms with E-state index in [4.69, 9.17) is 10.5 Å². The van der Waals surface area contributed by atoms with Crippen molar-refractivity contribution >= 4 is 5.82 Å². The van der Waals surface area contributed by atoms with E-state index in [0.29, 0.717) is 11.4 Å². The van der Waals surface area contributed by atoms with E-state index in [9.17, 15) is 5.11 Å². The number of methoxy groups -OCH3 is 1. The summed E-state index contributed by atoms with van der Waals surface area (Å²) in [6.07, 6.45) is 0.968. The van der Waals surface area contributed by atoms with Crippen molar-refractivity contribution in [3.8, 4) is 0 Å². The van der Waals surface area contributed by atoms with Gasteiger partial charge in [-0.3, -0.25) is 0 Å². The third kappa shape index (κ3) is 2.40. The van der Waals surface area contributed by atoms with Crippen molar-refractivity contribution in [2.75, 3.05) is 19.5 Å². The fraction of sp³-hybridized carbons (Fsp3) is 0.444. The molecule has 0 amide bonds. The van der Waals surface area contributed by atoms with Gasteiger partial charge in [-0.2, -0.15) is 0 Å². The Balaban J connectivity index is 2.91. The molecule has 4 heteroatoms. The summed E-state index contributed by atoms with van der Waals surface area (Å²) < 4.78 is 4.82. The third-order valence-corrected chi connectivity index (χ3v) is 1.77. The number of nitrogens with zero attached hydrogens (tertiary/aromatic N) is 1. The zero-order chi connectivity index (χ0) is 9.84. The number of rotatable bonds is 3. The predicted molar refractivity (Wildman–Crippen MR) is 50.2 cm³/mol. The number of aliphatic hydroxyl groups excluding tert-OH is 1. The summed E-state index contributed by atoms with van der Waals surface area (Å²) in [4.78, 5) is 3.94. The maximum atomic E-state index is 9.58. The topological polar surface area (TPSA) is 68.4 Å². The van der Waals surface area contributed by atoms with Crippen molar-refractivity contribution in [3.63, 3.8) is 0 Å². The highest BCUT2D eigenvalue weighted by molar-refractivity contribution is 5.42. The standard InChI is InChI=1S/C9H14N2O2/c1-6-3-7(8(12)5-13-2)9(10)11-4-6/h3-4,8,12H,5H2,1-2H3,(H2,10,11). The number of hydrogen-bond donors (Lipinski definition) is 2. The Bertz CT molecular complexity index is 289. The first-order chi connectivity index (χ1) is 6.15. The first kappa shape index (κ1) is 9.95. The molecular weight excluding hydrogens is 168 g/mol. The molecule has 13 heavy (non-hydrogen) atoms. The largest absolute Gasteiger partial charge is 0.386 e. The van der Waals surface area contributed by atoms with Crippen LogP contribution in [0.3, 0.4) is 0 Å². The lowest BCUT2D eigenvalue weighted by molar-refractivity contribution is 0.0646. The third-order valence-electron chi connectivity index (χ3n) is 1.77. The lowest BCUT2D eigenvalue weighted by atomic mass is 10.1. The molecule has 1 atom stereocenters. The quantitative estimate of drug-likeness (QED) is 0.720. The molecule has 1 aromatic rings. The number of anilines is 1. The molecule has 0 aromatic carbocycles. The van der Waals surface area contributed by atoms with Crippen LogP contribution in [-0.4, -0.2) is 23.8 Å². The van der Waals surface area contributed by atoms with Crippen molar-refractivity contribution in [2.45, 2.75) is 13.0 Å². The molecule has 0 saturated carbocycles. The Morgan fingerprint density at radius 3 is 3.00 bits per heavy atom. The lowest BCUT2D eigenvalue weighted by Gasteiger charge is -2.11. The Morgan fingerprint density at radius 2 is 2.38 bits per heavy atom. The van der Waals surface area contributed by atoms with Gasteiger partial charge in [-0.05, 0) is 18.6 Å². The second kappa shape index (κ2) is 4.20. The molecule has 0 saturated heterocycles. The molecule has 4 nitrogen and oxygen atoms in total. The van der Waals surface area contributed by atoms with Gasteiger partial charge in [0.1, 0.15) is 11.9 Å². The van der Waals surface area contributed by atoms with Gasteiger partial charge in [-0.1, -0.05) is 0 Å². The molecule has 1 unspecified atom stereocenters. The van der Waals surface area contributed by atoms with Gasteiger partial charge in [-0.25, -0.2) is 4.98 Å². The number of pyridine rings is 1. The van der Waals surface area contributed by atoms with Crippen LogP contribution in [0, 0.1) is 6.92 Å². The average Bonchev–Trinajstić information content (AvgIpc) is 2.09. The highest BCUT2D eigenvalue weighted by Gasteiger charge is 2.11. The van der Waals surface area contributed by atoms with Crippen LogP contribution in [0.25, 0.3) is 0 Å². The van der Waals surface area contributed by atoms with E-state index in [-0.39, 0.29) is 6.61 Å². The number of aryl methyl sites for hydroxylation is 1. The van der Waals surface area contributed by atoms with E-state index in [1.807, 2.05) is 13.0 Å². The monoisotopic (exact) mass is 182 g/mol. The molecule has 0 aliphatic carbocycles. The number of aliphatic hydroxyl groups is 1. The summed E-state index contributed by atoms with van der Waals surface area (Å²) in [5.41, 5.74) is 7.19. The number of nitrogen functional groups attached to an aromatic ring is 1. The second-order valence-electron chi connectivity index (χ2n) is 2.96. The van der Waals surface area contributed by atoms with Crippen molar-refractivity contribution in [3.05, 3.63) is 23.4 Å². The Hall–Kier alpha value is -1.13. The van der Waals surface area contributed by atoms with Crippen LogP contribution in [0.1, 0.15) is 17.2 Å². The van der Waals surface area contributed by atoms with Crippen LogP contribution in [0.2, 0.25) is 0 Å². The first-order valence-corrected chi connectivity index (χ1v) is 4.04. The number of hydrogen-bond acceptors (Lipinski definition) is 4. The van der Waals surface area contributed by atoms with E-state index >= 15 is 0 Å². The molecule has 72 valence electrons. The van der Waals surface area contributed by atoms with E-state index in [2.05, 4.69) is 4.98 Å². The van der Waals surface area contributed by atoms with Gasteiger partial charge in [0.25, 0.3) is 0 Å². The number of ether oxygens (including phenoxy) is 1. The molecule has 0 aliphatic rings. The fourth-order valence-corrected chi connectivity index (χ4v) is 1.12. The Morgan fingerprint density at radius 1 is 1.69 bits per heavy atom. The smallest absolute Gasteiger partial charge is 0.129 e. The van der Waals surface area contributed by atoms with Gasteiger partial charge in [0.05, 0.1) is 6.61 Å². The summed E-state index contributed by atoms with van der Waals surface area (Å²) in [7, 11) is 1.53. The Labute approximate surface area is 77.4 Å². The lowest BCUT2D eigenvalue weighted by Crippen LogP contribution is -2.09. The molecule has 1 heterocycles. The van der Waals surface area contributed by atoms with Gasteiger partial charge in [0.2, 0.25) is 0 Å². The molecule has 0 aliphatic heterocycles. The molecule has 1 aromatic heterocycles. The van der Waals surface area contributed by atoms with Crippen LogP contribution in [0.15, 0.2) is 12.3 Å². The summed E-state index contributed by atoms with van der Waals surface area (Å²) in [6, 6.07) is 1.81. The van der Waals surface area contributed by atoms with Gasteiger partial charge in [-0.15, -0.1) is 0 Å². The van der Waals surface area contributed by atoms with E-state index < -0.39 is 6.10 Å². The van der Waals surface area contributed by atoms with Crippen molar-refractivity contribution in [1.29, 1.82) is 0 Å². The maximum Gasteiger partial charge on any atom is 0.129 e. The molecule has 1 rings (SSSR count). The summed E-state index contributed by atoms with van der Waals surface area (Å²) in [6.45, 7) is 2.13. The fourth-order valence-electron chi connectivity index (χ4n) is 1.12. The van der Waals surface area contributed by atoms with Crippen molar-refractivity contribution < 1.29 is 9.84 Å². The number of aromatic nitrogens is 1. The van der Waals surface area contributed by atoms with Crippen LogP contribution in [-0.2, 0) is 4.74 Å². The SMILES string of the molecule is COCC(O)c1cc(C)cnc1N. The molecular formula is C9H14N2O2. The van der Waals surface area contributed by atoms with Crippen molar-refractivity contribution in [2.24, 2.45) is 0 Å². The highest BCUT2D eigenvalue weighted by atomic mass is 16.5. The predicted octanol–water partition coefficient (Wildman–Crippen LogP) is 0.652. The molecule has 3 N–H and O–H groups in total. The zero-order valence-electron chi connectivity index (χ0n) is 7.82. The molecule has 0 radical (unpaired) electrons. The van der Waals surface area contributed by atoms with Gasteiger partial charge < -0.3 is 15.6 Å². The Kier molecular flexibility index (Phi) is 3.22. The van der Waals surface area contributed by atoms with E-state index in [1.54, 1.807) is 6.20 Å². The molecule has 0 fully saturated rings. The normalized spacial score (nSPS) is 12.8. The van der Waals surface area contributed by atoms with Crippen LogP contribution in [0.5, 0.6) is 0 Å². The van der Waals surface area contributed by atoms with E-state index in [0.717, 1.165) is 5.56 Å². The molecule has 0 spiro atoms. The minimum absolute atomic E-state index is 0.231. The summed E-state index contributed by atoms with van der Waals surface area (Å²) >= 11 is 0. The minimum Gasteiger partial charge on any atom is -0.386 e. The maximum absolute atomic E-state index is 9.58. The van der Waals surface area contributed by atoms with Gasteiger partial charge in [0, 0.05) is 18.9 Å². The second-order valence-corrected chi connectivity index (χ2v) is 2.96. The van der Waals surface area contributed by atoms with E-state index in [1.165, 1.54) is 7.11 Å². The zero-order valence-corrected chi connectivity index (χ0v) is 7.82. The number of nitrogens with two attached hydrogens (primary N) is 1. The van der Waals surface area contributed by atoms with Gasteiger partial charge >= 0.3 is 0 Å². The van der Waals surface area contributed by atoms with Crippen molar-refractivity contribution in [1.82, 2.24) is 4.98 Å². The molecule has 0 bridgehead atoms. The summed E-state index contributed by atoms with van der Waals surface area (Å²) in [5.74, 6) is 0.357. The summed E-state index contributed by atoms with van der Waals surface area (Å²) in [5, 5.41) is 9.58. The minimum atomic E-state index is -0.697. The highest BCUT2D eigenvalue weighted by Crippen LogP contribution is 2.19. The van der Waals surface area contributed by atoms with Gasteiger partial charge in [0.15, 0.2) is 0 Å². The first-order valence-electron chi connectivity index (χ1n) is 4.04. The van der Waals surface area contributed by atoms with Crippen LogP contribution in [0.4, 0.5) is 5.82 Å². The average molecular weight is 182 g/mol. The van der Waals surface area contributed by atoms with Crippen LogP contribution < -0.4 is 5.73 Å².